The number of aliphatic hydroxyl groups excluding tert-OH is 2. The number of halogens is 3. The zero-order valence-electron chi connectivity index (χ0n) is 11.9. The van der Waals surface area contributed by atoms with E-state index >= 15 is 0 Å². The molecule has 1 aromatic carbocycles. The molecule has 0 bridgehead atoms. The predicted octanol–water partition coefficient (Wildman–Crippen LogP) is 2.54. The highest BCUT2D eigenvalue weighted by molar-refractivity contribution is 5.80. The number of benzene rings is 1. The van der Waals surface area contributed by atoms with Crippen molar-refractivity contribution in [3.63, 3.8) is 0 Å². The summed E-state index contributed by atoms with van der Waals surface area (Å²) < 4.78 is 42.6. The van der Waals surface area contributed by atoms with Gasteiger partial charge < -0.3 is 14.6 Å². The maximum atomic E-state index is 12.4. The first-order valence-electron chi connectivity index (χ1n) is 6.92. The minimum atomic E-state index is -4.26. The monoisotopic (exact) mass is 317 g/mol. The normalized spacial score (nSPS) is 13.9. The van der Waals surface area contributed by atoms with E-state index in [4.69, 9.17) is 9.52 Å². The van der Waals surface area contributed by atoms with Crippen LogP contribution in [0.4, 0.5) is 13.2 Å². The third-order valence-electron chi connectivity index (χ3n) is 3.35. The Hall–Kier alpha value is -1.57. The molecule has 2 rings (SSSR count). The van der Waals surface area contributed by atoms with E-state index in [1.165, 1.54) is 11.2 Å². The van der Waals surface area contributed by atoms with Gasteiger partial charge >= 0.3 is 6.18 Å². The molecule has 2 aromatic rings. The molecule has 0 aliphatic heterocycles. The van der Waals surface area contributed by atoms with Gasteiger partial charge in [-0.3, -0.25) is 4.90 Å². The third kappa shape index (κ3) is 4.72. The molecule has 0 saturated heterocycles. The molecule has 0 unspecified atom stereocenters. The fourth-order valence-electron chi connectivity index (χ4n) is 2.27. The van der Waals surface area contributed by atoms with Gasteiger partial charge in [0, 0.05) is 30.6 Å². The zero-order chi connectivity index (χ0) is 16.2. The number of fused-ring (bicyclic) bond motifs is 1. The Morgan fingerprint density at radius 1 is 1.23 bits per heavy atom. The highest BCUT2D eigenvalue weighted by Crippen LogP contribution is 2.24. The molecular weight excluding hydrogens is 299 g/mol. The van der Waals surface area contributed by atoms with Crippen LogP contribution in [0.25, 0.3) is 11.0 Å². The summed E-state index contributed by atoms with van der Waals surface area (Å²) >= 11 is 0. The second-order valence-corrected chi connectivity index (χ2v) is 5.19. The number of hydrogen-bond donors (Lipinski definition) is 2. The number of nitrogens with zero attached hydrogens (tertiary/aromatic N) is 1. The minimum Gasteiger partial charge on any atom is -0.464 e. The molecule has 0 aliphatic carbocycles. The Bertz CT molecular complexity index is 597. The predicted molar refractivity (Wildman–Crippen MR) is 75.3 cm³/mol. The minimum absolute atomic E-state index is 0.0356. The van der Waals surface area contributed by atoms with Crippen molar-refractivity contribution in [1.29, 1.82) is 0 Å². The van der Waals surface area contributed by atoms with E-state index in [-0.39, 0.29) is 19.6 Å². The highest BCUT2D eigenvalue weighted by Gasteiger charge is 2.28. The van der Waals surface area contributed by atoms with Crippen LogP contribution >= 0.6 is 0 Å². The summed E-state index contributed by atoms with van der Waals surface area (Å²) in [7, 11) is 0. The van der Waals surface area contributed by atoms with E-state index in [1.807, 2.05) is 18.2 Å². The van der Waals surface area contributed by atoms with Gasteiger partial charge in [-0.2, -0.15) is 13.2 Å². The number of hydrogen-bond acceptors (Lipinski definition) is 4. The van der Waals surface area contributed by atoms with Crippen LogP contribution in [0.1, 0.15) is 12.0 Å². The van der Waals surface area contributed by atoms with E-state index in [2.05, 4.69) is 0 Å². The second kappa shape index (κ2) is 7.13. The van der Waals surface area contributed by atoms with E-state index in [0.717, 1.165) is 10.9 Å². The number of para-hydroxylation sites is 1. The lowest BCUT2D eigenvalue weighted by Crippen LogP contribution is -2.36. The Labute approximate surface area is 125 Å². The standard InChI is InChI=1S/C15H18F3NO3/c16-15(17,18)5-6-19(8-12(21)9-20)7-11-10-22-14-4-2-1-3-13(11)14/h1-4,10,12,20-21H,5-9H2/t12-/m0/s1. The maximum absolute atomic E-state index is 12.4. The number of alkyl halides is 3. The van der Waals surface area contributed by atoms with Crippen LogP contribution in [0.3, 0.4) is 0 Å². The van der Waals surface area contributed by atoms with Crippen molar-refractivity contribution in [2.24, 2.45) is 0 Å². The average Bonchev–Trinajstić information content (AvgIpc) is 2.87. The molecule has 0 aliphatic rings. The average molecular weight is 317 g/mol. The molecule has 4 nitrogen and oxygen atoms in total. The van der Waals surface area contributed by atoms with Crippen molar-refractivity contribution in [2.75, 3.05) is 19.7 Å². The first kappa shape index (κ1) is 16.8. The Morgan fingerprint density at radius 3 is 2.64 bits per heavy atom. The van der Waals surface area contributed by atoms with Gasteiger partial charge in [0.2, 0.25) is 0 Å². The van der Waals surface area contributed by atoms with Gasteiger partial charge in [-0.25, -0.2) is 0 Å². The molecule has 0 saturated carbocycles. The Balaban J connectivity index is 2.10. The number of aliphatic hydroxyl groups is 2. The SMILES string of the molecule is OC[C@@H](O)CN(CCC(F)(F)F)Cc1coc2ccccc12. The van der Waals surface area contributed by atoms with Gasteiger partial charge in [0.1, 0.15) is 5.58 Å². The van der Waals surface area contributed by atoms with Gasteiger partial charge in [-0.05, 0) is 6.07 Å². The quantitative estimate of drug-likeness (QED) is 0.824. The fraction of sp³-hybridized carbons (Fsp3) is 0.467. The Morgan fingerprint density at radius 2 is 1.95 bits per heavy atom. The van der Waals surface area contributed by atoms with Crippen molar-refractivity contribution in [3.8, 4) is 0 Å². The molecule has 1 atom stereocenters. The van der Waals surface area contributed by atoms with Gasteiger partial charge in [-0.15, -0.1) is 0 Å². The van der Waals surface area contributed by atoms with Gasteiger partial charge in [0.25, 0.3) is 0 Å². The number of furan rings is 1. The molecule has 1 heterocycles. The smallest absolute Gasteiger partial charge is 0.390 e. The van der Waals surface area contributed by atoms with Gasteiger partial charge in [0.05, 0.1) is 25.4 Å². The van der Waals surface area contributed by atoms with E-state index in [1.54, 1.807) is 6.07 Å². The molecule has 0 amide bonds. The van der Waals surface area contributed by atoms with Crippen molar-refractivity contribution in [2.45, 2.75) is 25.2 Å². The summed E-state index contributed by atoms with van der Waals surface area (Å²) in [5, 5.41) is 19.2. The summed E-state index contributed by atoms with van der Waals surface area (Å²) in [6.07, 6.45) is -4.80. The molecule has 7 heteroatoms. The van der Waals surface area contributed by atoms with Crippen LogP contribution in [0.2, 0.25) is 0 Å². The van der Waals surface area contributed by atoms with E-state index in [9.17, 15) is 18.3 Å². The van der Waals surface area contributed by atoms with Crippen molar-refractivity contribution < 1.29 is 27.8 Å². The maximum Gasteiger partial charge on any atom is 0.390 e. The molecular formula is C15H18F3NO3. The van der Waals surface area contributed by atoms with Crippen LogP contribution in [-0.4, -0.2) is 47.1 Å². The Kier molecular flexibility index (Phi) is 5.44. The molecule has 0 spiro atoms. The lowest BCUT2D eigenvalue weighted by atomic mass is 10.1. The molecule has 22 heavy (non-hydrogen) atoms. The second-order valence-electron chi connectivity index (χ2n) is 5.19. The van der Waals surface area contributed by atoms with Crippen molar-refractivity contribution in [1.82, 2.24) is 4.90 Å². The van der Waals surface area contributed by atoms with E-state index < -0.39 is 25.3 Å². The first-order valence-corrected chi connectivity index (χ1v) is 6.92. The molecule has 122 valence electrons. The summed E-state index contributed by atoms with van der Waals surface area (Å²) in [6, 6.07) is 7.25. The van der Waals surface area contributed by atoms with Crippen LogP contribution in [0.5, 0.6) is 0 Å². The third-order valence-corrected chi connectivity index (χ3v) is 3.35. The summed E-state index contributed by atoms with van der Waals surface area (Å²) in [6.45, 7) is -0.565. The highest BCUT2D eigenvalue weighted by atomic mass is 19.4. The molecule has 0 radical (unpaired) electrons. The summed E-state index contributed by atoms with van der Waals surface area (Å²) in [5.74, 6) is 0. The van der Waals surface area contributed by atoms with Crippen LogP contribution < -0.4 is 0 Å². The van der Waals surface area contributed by atoms with Crippen molar-refractivity contribution >= 4 is 11.0 Å². The fourth-order valence-corrected chi connectivity index (χ4v) is 2.27. The molecule has 1 aromatic heterocycles. The lowest BCUT2D eigenvalue weighted by Gasteiger charge is -2.24. The summed E-state index contributed by atoms with van der Waals surface area (Å²) in [4.78, 5) is 1.46. The van der Waals surface area contributed by atoms with Gasteiger partial charge in [-0.1, -0.05) is 18.2 Å². The molecule has 0 fully saturated rings. The van der Waals surface area contributed by atoms with Crippen molar-refractivity contribution in [3.05, 3.63) is 36.1 Å². The molecule has 2 N–H and O–H groups in total. The zero-order valence-corrected chi connectivity index (χ0v) is 11.9. The van der Waals surface area contributed by atoms with Crippen LogP contribution in [0, 0.1) is 0 Å². The van der Waals surface area contributed by atoms with Gasteiger partial charge in [0.15, 0.2) is 0 Å². The first-order chi connectivity index (χ1) is 10.4. The van der Waals surface area contributed by atoms with Crippen LogP contribution in [0.15, 0.2) is 34.9 Å². The largest absolute Gasteiger partial charge is 0.464 e. The summed E-state index contributed by atoms with van der Waals surface area (Å²) in [5.41, 5.74) is 1.42. The number of rotatable bonds is 7. The van der Waals surface area contributed by atoms with E-state index in [0.29, 0.717) is 5.58 Å². The topological polar surface area (TPSA) is 56.8 Å². The van der Waals surface area contributed by atoms with Crippen LogP contribution in [-0.2, 0) is 6.54 Å². The lowest BCUT2D eigenvalue weighted by molar-refractivity contribution is -0.139.